The Hall–Kier alpha value is -0.810. The molecule has 0 saturated carbocycles. The Morgan fingerprint density at radius 1 is 1.30 bits per heavy atom. The van der Waals surface area contributed by atoms with Gasteiger partial charge < -0.3 is 5.32 Å². The third-order valence-electron chi connectivity index (χ3n) is 2.73. The Morgan fingerprint density at radius 2 is 2.15 bits per heavy atom. The molecule has 1 N–H and O–H groups in total. The smallest absolute Gasteiger partial charge is 0.0753 e. The van der Waals surface area contributed by atoms with Crippen LogP contribution in [0.5, 0.6) is 0 Å². The molecule has 0 radical (unpaired) electrons. The number of thioether (sulfide) groups is 1. The maximum Gasteiger partial charge on any atom is 0.0753 e. The van der Waals surface area contributed by atoms with E-state index in [0.29, 0.717) is 10.0 Å². The van der Waals surface area contributed by atoms with Crippen molar-refractivity contribution in [3.63, 3.8) is 0 Å². The van der Waals surface area contributed by atoms with Crippen molar-refractivity contribution in [2.45, 2.75) is 17.9 Å². The first kappa shape index (κ1) is 15.6. The third kappa shape index (κ3) is 4.63. The molecule has 1 atom stereocenters. The first-order chi connectivity index (χ1) is 9.66. The van der Waals surface area contributed by atoms with Gasteiger partial charge in [-0.25, -0.2) is 0 Å². The van der Waals surface area contributed by atoms with E-state index in [9.17, 15) is 0 Å². The monoisotopic (exact) mass is 327 g/mol. The Kier molecular flexibility index (Phi) is 6.10. The van der Waals surface area contributed by atoms with E-state index in [4.69, 9.17) is 23.2 Å². The minimum absolute atomic E-state index is 0.185. The van der Waals surface area contributed by atoms with Gasteiger partial charge >= 0.3 is 0 Å². The van der Waals surface area contributed by atoms with Gasteiger partial charge in [-0.1, -0.05) is 23.2 Å². The van der Waals surface area contributed by atoms with Crippen molar-refractivity contribution in [1.29, 1.82) is 0 Å². The first-order valence-electron chi connectivity index (χ1n) is 6.24. The molecule has 1 heterocycles. The van der Waals surface area contributed by atoms with Gasteiger partial charge in [0, 0.05) is 46.8 Å². The van der Waals surface area contributed by atoms with Crippen LogP contribution in [0.2, 0.25) is 10.0 Å². The van der Waals surface area contributed by atoms with Gasteiger partial charge in [0.1, 0.15) is 0 Å². The van der Waals surface area contributed by atoms with Crippen molar-refractivity contribution < 1.29 is 0 Å². The molecular formula is C14H15Cl2N3S. The fourth-order valence-electron chi connectivity index (χ4n) is 1.67. The summed E-state index contributed by atoms with van der Waals surface area (Å²) in [6.45, 7) is 2.94. The van der Waals surface area contributed by atoms with Crippen LogP contribution < -0.4 is 5.32 Å². The predicted octanol–water partition coefficient (Wildman–Crippen LogP) is 4.23. The van der Waals surface area contributed by atoms with Crippen LogP contribution >= 0.6 is 35.0 Å². The van der Waals surface area contributed by atoms with Gasteiger partial charge in [0.15, 0.2) is 0 Å². The number of hydrogen-bond acceptors (Lipinski definition) is 4. The van der Waals surface area contributed by atoms with E-state index < -0.39 is 0 Å². The number of nitrogens with one attached hydrogen (secondary N) is 1. The largest absolute Gasteiger partial charge is 0.308 e. The number of aromatic nitrogens is 2. The molecule has 0 spiro atoms. The lowest BCUT2D eigenvalue weighted by molar-refractivity contribution is 0.584. The zero-order chi connectivity index (χ0) is 14.4. The Balaban J connectivity index is 1.76. The quantitative estimate of drug-likeness (QED) is 0.636. The van der Waals surface area contributed by atoms with Crippen LogP contribution in [0.3, 0.4) is 0 Å². The molecule has 1 unspecified atom stereocenters. The number of rotatable bonds is 6. The summed E-state index contributed by atoms with van der Waals surface area (Å²) in [7, 11) is 0. The highest BCUT2D eigenvalue weighted by Crippen LogP contribution is 2.29. The lowest BCUT2D eigenvalue weighted by Gasteiger charge is -2.12. The average molecular weight is 328 g/mol. The summed E-state index contributed by atoms with van der Waals surface area (Å²) in [5, 5.41) is 4.77. The highest BCUT2D eigenvalue weighted by molar-refractivity contribution is 7.99. The first-order valence-corrected chi connectivity index (χ1v) is 7.98. The molecule has 0 fully saturated rings. The molecule has 0 bridgehead atoms. The molecule has 0 aliphatic carbocycles. The molecule has 0 aliphatic heterocycles. The molecule has 2 rings (SSSR count). The molecule has 3 nitrogen and oxygen atoms in total. The Labute approximate surface area is 133 Å². The van der Waals surface area contributed by atoms with Crippen LogP contribution in [0.25, 0.3) is 0 Å². The summed E-state index contributed by atoms with van der Waals surface area (Å²) in [6, 6.07) is 5.75. The molecule has 6 heteroatoms. The number of hydrogen-bond donors (Lipinski definition) is 1. The minimum Gasteiger partial charge on any atom is -0.308 e. The summed E-state index contributed by atoms with van der Waals surface area (Å²) in [4.78, 5) is 9.38. The maximum absolute atomic E-state index is 6.12. The van der Waals surface area contributed by atoms with Gasteiger partial charge in [0.25, 0.3) is 0 Å². The van der Waals surface area contributed by atoms with E-state index in [1.165, 1.54) is 0 Å². The van der Waals surface area contributed by atoms with Crippen LogP contribution in [0.15, 0.2) is 41.7 Å². The van der Waals surface area contributed by atoms with E-state index in [0.717, 1.165) is 22.9 Å². The second kappa shape index (κ2) is 7.84. The van der Waals surface area contributed by atoms with Crippen molar-refractivity contribution in [1.82, 2.24) is 15.3 Å². The molecule has 106 valence electrons. The van der Waals surface area contributed by atoms with Crippen LogP contribution in [0.4, 0.5) is 0 Å². The standard InChI is InChI=1S/C14H15Cl2N3S/c1-10(13-9-17-4-5-19-13)18-6-7-20-14-3-2-11(15)8-12(14)16/h2-5,8-10,18H,6-7H2,1H3. The minimum atomic E-state index is 0.185. The van der Waals surface area contributed by atoms with Crippen molar-refractivity contribution in [3.8, 4) is 0 Å². The average Bonchev–Trinajstić information content (AvgIpc) is 2.46. The summed E-state index contributed by atoms with van der Waals surface area (Å²) in [6.07, 6.45) is 5.16. The van der Waals surface area contributed by atoms with Crippen LogP contribution in [-0.2, 0) is 0 Å². The summed E-state index contributed by atoms with van der Waals surface area (Å²) < 4.78 is 0. The molecule has 1 aromatic carbocycles. The van der Waals surface area contributed by atoms with Crippen molar-refractivity contribution in [2.75, 3.05) is 12.3 Å². The second-order valence-electron chi connectivity index (χ2n) is 4.23. The SMILES string of the molecule is CC(NCCSc1ccc(Cl)cc1Cl)c1cnccn1. The zero-order valence-corrected chi connectivity index (χ0v) is 13.3. The maximum atomic E-state index is 6.12. The normalized spacial score (nSPS) is 12.3. The molecule has 20 heavy (non-hydrogen) atoms. The lowest BCUT2D eigenvalue weighted by Crippen LogP contribution is -2.22. The highest BCUT2D eigenvalue weighted by atomic mass is 35.5. The molecule has 2 aromatic rings. The Morgan fingerprint density at radius 3 is 2.85 bits per heavy atom. The van der Waals surface area contributed by atoms with Gasteiger partial charge in [0.2, 0.25) is 0 Å². The van der Waals surface area contributed by atoms with Crippen LogP contribution in [0, 0.1) is 0 Å². The number of benzene rings is 1. The van der Waals surface area contributed by atoms with Crippen molar-refractivity contribution in [3.05, 3.63) is 52.5 Å². The lowest BCUT2D eigenvalue weighted by atomic mass is 10.2. The van der Waals surface area contributed by atoms with E-state index in [1.54, 1.807) is 36.4 Å². The van der Waals surface area contributed by atoms with E-state index in [-0.39, 0.29) is 6.04 Å². The summed E-state index contributed by atoms with van der Waals surface area (Å²) >= 11 is 13.7. The van der Waals surface area contributed by atoms with Gasteiger partial charge in [-0.3, -0.25) is 9.97 Å². The molecule has 1 aromatic heterocycles. The third-order valence-corrected chi connectivity index (χ3v) is 4.47. The van der Waals surface area contributed by atoms with Gasteiger partial charge in [-0.2, -0.15) is 0 Å². The summed E-state index contributed by atoms with van der Waals surface area (Å²) in [5.74, 6) is 0.923. The van der Waals surface area contributed by atoms with Crippen molar-refractivity contribution >= 4 is 35.0 Å². The predicted molar refractivity (Wildman–Crippen MR) is 85.6 cm³/mol. The van der Waals surface area contributed by atoms with Crippen molar-refractivity contribution in [2.24, 2.45) is 0 Å². The fraction of sp³-hybridized carbons (Fsp3) is 0.286. The summed E-state index contributed by atoms with van der Waals surface area (Å²) in [5.41, 5.74) is 0.946. The number of halogens is 2. The second-order valence-corrected chi connectivity index (χ2v) is 6.21. The Bertz CT molecular complexity index is 551. The molecule has 0 amide bonds. The van der Waals surface area contributed by atoms with E-state index >= 15 is 0 Å². The van der Waals surface area contributed by atoms with Crippen LogP contribution in [0.1, 0.15) is 18.7 Å². The van der Waals surface area contributed by atoms with Gasteiger partial charge in [-0.05, 0) is 25.1 Å². The fourth-order valence-corrected chi connectivity index (χ4v) is 3.04. The van der Waals surface area contributed by atoms with Crippen LogP contribution in [-0.4, -0.2) is 22.3 Å². The van der Waals surface area contributed by atoms with E-state index in [1.807, 2.05) is 12.1 Å². The number of nitrogens with zero attached hydrogens (tertiary/aromatic N) is 2. The molecule has 0 aliphatic rings. The topological polar surface area (TPSA) is 37.8 Å². The highest BCUT2D eigenvalue weighted by Gasteiger charge is 2.06. The molecule has 0 saturated heterocycles. The molecular weight excluding hydrogens is 313 g/mol. The van der Waals surface area contributed by atoms with E-state index in [2.05, 4.69) is 22.2 Å². The zero-order valence-electron chi connectivity index (χ0n) is 11.0. The van der Waals surface area contributed by atoms with Gasteiger partial charge in [0.05, 0.1) is 10.7 Å². The van der Waals surface area contributed by atoms with Gasteiger partial charge in [-0.15, -0.1) is 11.8 Å².